The minimum absolute atomic E-state index is 0.101. The molecule has 18 heavy (non-hydrogen) atoms. The van der Waals surface area contributed by atoms with Gasteiger partial charge < -0.3 is 0 Å². The fourth-order valence-corrected chi connectivity index (χ4v) is 2.28. The van der Waals surface area contributed by atoms with E-state index in [4.69, 9.17) is 11.6 Å². The summed E-state index contributed by atoms with van der Waals surface area (Å²) in [5, 5.41) is 0.451. The van der Waals surface area contributed by atoms with Crippen LogP contribution in [-0.2, 0) is 0 Å². The molecule has 2 aromatic carbocycles. The third-order valence-corrected chi connectivity index (χ3v) is 3.23. The number of benzene rings is 2. The SMILES string of the molecule is O=C(/C=C/c1ccccc1)c1ccc(Br)cc1Cl. The number of carbonyl (C=O) groups is 1. The maximum absolute atomic E-state index is 12.0. The van der Waals surface area contributed by atoms with Gasteiger partial charge in [0.25, 0.3) is 0 Å². The Bertz CT molecular complexity index is 591. The van der Waals surface area contributed by atoms with Gasteiger partial charge in [-0.25, -0.2) is 0 Å². The summed E-state index contributed by atoms with van der Waals surface area (Å²) >= 11 is 9.33. The van der Waals surface area contributed by atoms with Gasteiger partial charge in [-0.1, -0.05) is 63.9 Å². The van der Waals surface area contributed by atoms with Crippen LogP contribution in [0.1, 0.15) is 15.9 Å². The van der Waals surface area contributed by atoms with Gasteiger partial charge >= 0.3 is 0 Å². The smallest absolute Gasteiger partial charge is 0.187 e. The van der Waals surface area contributed by atoms with Crippen LogP contribution in [0.4, 0.5) is 0 Å². The Kier molecular flexibility index (Phi) is 4.34. The molecule has 0 bridgehead atoms. The molecule has 0 atom stereocenters. The van der Waals surface area contributed by atoms with Gasteiger partial charge in [-0.15, -0.1) is 0 Å². The van der Waals surface area contributed by atoms with E-state index in [2.05, 4.69) is 15.9 Å². The van der Waals surface area contributed by atoms with Crippen molar-refractivity contribution in [3.05, 3.63) is 75.2 Å². The van der Waals surface area contributed by atoms with Crippen molar-refractivity contribution >= 4 is 39.4 Å². The molecule has 0 amide bonds. The summed E-state index contributed by atoms with van der Waals surface area (Å²) in [6.45, 7) is 0. The van der Waals surface area contributed by atoms with E-state index < -0.39 is 0 Å². The molecule has 2 aromatic rings. The van der Waals surface area contributed by atoms with Gasteiger partial charge in [-0.3, -0.25) is 4.79 Å². The summed E-state index contributed by atoms with van der Waals surface area (Å²) < 4.78 is 0.857. The van der Waals surface area contributed by atoms with Gasteiger partial charge in [-0.05, 0) is 29.8 Å². The van der Waals surface area contributed by atoms with Crippen molar-refractivity contribution in [2.45, 2.75) is 0 Å². The Morgan fingerprint density at radius 1 is 1.11 bits per heavy atom. The van der Waals surface area contributed by atoms with Crippen LogP contribution in [0.15, 0.2) is 59.1 Å². The highest BCUT2D eigenvalue weighted by Crippen LogP contribution is 2.22. The molecule has 0 aromatic heterocycles. The van der Waals surface area contributed by atoms with Crippen LogP contribution in [0, 0.1) is 0 Å². The van der Waals surface area contributed by atoms with Crippen LogP contribution >= 0.6 is 27.5 Å². The van der Waals surface area contributed by atoms with Crippen molar-refractivity contribution in [1.29, 1.82) is 0 Å². The predicted molar refractivity (Wildman–Crippen MR) is 79.0 cm³/mol. The molecule has 0 saturated heterocycles. The number of rotatable bonds is 3. The van der Waals surface area contributed by atoms with Crippen LogP contribution in [-0.4, -0.2) is 5.78 Å². The highest BCUT2D eigenvalue weighted by Gasteiger charge is 2.07. The first-order chi connectivity index (χ1) is 8.66. The molecule has 0 aliphatic carbocycles. The zero-order valence-corrected chi connectivity index (χ0v) is 11.8. The molecule has 0 aliphatic heterocycles. The molecular weight excluding hydrogens is 312 g/mol. The number of hydrogen-bond donors (Lipinski definition) is 0. The summed E-state index contributed by atoms with van der Waals surface area (Å²) in [6.07, 6.45) is 3.31. The molecule has 0 aliphatic rings. The van der Waals surface area contributed by atoms with Crippen LogP contribution in [0.2, 0.25) is 5.02 Å². The lowest BCUT2D eigenvalue weighted by atomic mass is 10.1. The molecular formula is C15H10BrClO. The van der Waals surface area contributed by atoms with Crippen LogP contribution in [0.25, 0.3) is 6.08 Å². The van der Waals surface area contributed by atoms with Crippen LogP contribution < -0.4 is 0 Å². The van der Waals surface area contributed by atoms with Gasteiger partial charge in [0.2, 0.25) is 0 Å². The first-order valence-corrected chi connectivity index (χ1v) is 6.56. The van der Waals surface area contributed by atoms with Gasteiger partial charge in [0, 0.05) is 10.0 Å². The average Bonchev–Trinajstić information content (AvgIpc) is 2.37. The van der Waals surface area contributed by atoms with Gasteiger partial charge in [0.05, 0.1) is 5.02 Å². The quantitative estimate of drug-likeness (QED) is 0.574. The number of carbonyl (C=O) groups excluding carboxylic acids is 1. The fourth-order valence-electron chi connectivity index (χ4n) is 1.52. The zero-order chi connectivity index (χ0) is 13.0. The van der Waals surface area contributed by atoms with E-state index in [1.54, 1.807) is 24.3 Å². The van der Waals surface area contributed by atoms with Gasteiger partial charge in [0.1, 0.15) is 0 Å². The van der Waals surface area contributed by atoms with Crippen molar-refractivity contribution in [3.63, 3.8) is 0 Å². The van der Waals surface area contributed by atoms with Crippen molar-refractivity contribution in [3.8, 4) is 0 Å². The second-order valence-corrected chi connectivity index (χ2v) is 5.06. The standard InChI is InChI=1S/C15H10BrClO/c16-12-7-8-13(14(17)10-12)15(18)9-6-11-4-2-1-3-5-11/h1-10H/b9-6+. The number of ketones is 1. The van der Waals surface area contributed by atoms with E-state index in [9.17, 15) is 4.79 Å². The topological polar surface area (TPSA) is 17.1 Å². The Morgan fingerprint density at radius 2 is 1.83 bits per heavy atom. The molecule has 0 unspecified atom stereocenters. The van der Waals surface area contributed by atoms with Crippen LogP contribution in [0.3, 0.4) is 0 Å². The third-order valence-electron chi connectivity index (χ3n) is 2.42. The number of allylic oxidation sites excluding steroid dienone is 1. The van der Waals surface area contributed by atoms with Crippen molar-refractivity contribution in [2.24, 2.45) is 0 Å². The summed E-state index contributed by atoms with van der Waals surface area (Å²) in [6, 6.07) is 14.9. The van der Waals surface area contributed by atoms with E-state index in [1.165, 1.54) is 6.08 Å². The predicted octanol–water partition coefficient (Wildman–Crippen LogP) is 5.00. The summed E-state index contributed by atoms with van der Waals surface area (Å²) in [5.41, 5.74) is 1.49. The van der Waals surface area contributed by atoms with Crippen molar-refractivity contribution in [1.82, 2.24) is 0 Å². The van der Waals surface area contributed by atoms with E-state index in [-0.39, 0.29) is 5.78 Å². The Labute approximate surface area is 119 Å². The highest BCUT2D eigenvalue weighted by molar-refractivity contribution is 9.10. The van der Waals surface area contributed by atoms with Gasteiger partial charge in [-0.2, -0.15) is 0 Å². The minimum atomic E-state index is -0.101. The van der Waals surface area contributed by atoms with E-state index in [0.29, 0.717) is 10.6 Å². The monoisotopic (exact) mass is 320 g/mol. The van der Waals surface area contributed by atoms with Crippen LogP contribution in [0.5, 0.6) is 0 Å². The summed E-state index contributed by atoms with van der Waals surface area (Å²) in [4.78, 5) is 12.0. The Balaban J connectivity index is 2.20. The fraction of sp³-hybridized carbons (Fsp3) is 0. The molecule has 90 valence electrons. The summed E-state index contributed by atoms with van der Waals surface area (Å²) in [7, 11) is 0. The molecule has 0 radical (unpaired) electrons. The lowest BCUT2D eigenvalue weighted by molar-refractivity contribution is 0.104. The zero-order valence-electron chi connectivity index (χ0n) is 9.44. The van der Waals surface area contributed by atoms with E-state index in [1.807, 2.05) is 30.3 Å². The summed E-state index contributed by atoms with van der Waals surface area (Å²) in [5.74, 6) is -0.101. The lowest BCUT2D eigenvalue weighted by Crippen LogP contribution is -1.95. The third kappa shape index (κ3) is 3.31. The minimum Gasteiger partial charge on any atom is -0.289 e. The normalized spacial score (nSPS) is 10.8. The molecule has 0 heterocycles. The van der Waals surface area contributed by atoms with Crippen molar-refractivity contribution < 1.29 is 4.79 Å². The van der Waals surface area contributed by atoms with Gasteiger partial charge in [0.15, 0.2) is 5.78 Å². The maximum Gasteiger partial charge on any atom is 0.187 e. The average molecular weight is 322 g/mol. The largest absolute Gasteiger partial charge is 0.289 e. The lowest BCUT2D eigenvalue weighted by Gasteiger charge is -2.00. The maximum atomic E-state index is 12.0. The number of halogens is 2. The first kappa shape index (κ1) is 13.1. The molecule has 0 fully saturated rings. The van der Waals surface area contributed by atoms with Crippen molar-refractivity contribution in [2.75, 3.05) is 0 Å². The second-order valence-electron chi connectivity index (χ2n) is 3.73. The Morgan fingerprint density at radius 3 is 2.50 bits per heavy atom. The molecule has 0 saturated carbocycles. The first-order valence-electron chi connectivity index (χ1n) is 5.39. The van der Waals surface area contributed by atoms with E-state index in [0.717, 1.165) is 10.0 Å². The Hall–Kier alpha value is -1.38. The molecule has 0 spiro atoms. The molecule has 0 N–H and O–H groups in total. The molecule has 1 nitrogen and oxygen atoms in total. The molecule has 3 heteroatoms. The molecule has 2 rings (SSSR count). The number of hydrogen-bond acceptors (Lipinski definition) is 1. The highest BCUT2D eigenvalue weighted by atomic mass is 79.9. The second kappa shape index (κ2) is 5.98. The van der Waals surface area contributed by atoms with E-state index >= 15 is 0 Å².